The van der Waals surface area contributed by atoms with Gasteiger partial charge in [-0.15, -0.1) is 0 Å². The summed E-state index contributed by atoms with van der Waals surface area (Å²) in [5, 5.41) is 10.9. The zero-order chi connectivity index (χ0) is 20.5. The van der Waals surface area contributed by atoms with Crippen LogP contribution in [0, 0.1) is 17.0 Å². The topological polar surface area (TPSA) is 76.6 Å². The summed E-state index contributed by atoms with van der Waals surface area (Å²) in [6, 6.07) is 8.47. The van der Waals surface area contributed by atoms with Crippen LogP contribution in [0.4, 0.5) is 5.69 Å². The molecule has 1 amide bonds. The lowest BCUT2D eigenvalue weighted by Crippen LogP contribution is -2.39. The molecule has 1 aromatic heterocycles. The van der Waals surface area contributed by atoms with E-state index < -0.39 is 4.92 Å². The number of hydrogen-bond donors (Lipinski definition) is 0. The summed E-state index contributed by atoms with van der Waals surface area (Å²) in [4.78, 5) is 25.7. The van der Waals surface area contributed by atoms with Crippen molar-refractivity contribution in [2.24, 2.45) is 0 Å². The van der Waals surface area contributed by atoms with Crippen molar-refractivity contribution in [1.29, 1.82) is 0 Å². The number of nitrogens with zero attached hydrogens (tertiary/aromatic N) is 2. The number of benzene rings is 1. The number of rotatable bonds is 4. The quantitative estimate of drug-likeness (QED) is 0.269. The molecule has 1 saturated carbocycles. The van der Waals surface area contributed by atoms with E-state index in [1.54, 1.807) is 30.0 Å². The Morgan fingerprint density at radius 2 is 2.00 bits per heavy atom. The summed E-state index contributed by atoms with van der Waals surface area (Å²) in [5.41, 5.74) is 1.58. The van der Waals surface area contributed by atoms with E-state index in [-0.39, 0.29) is 17.6 Å². The van der Waals surface area contributed by atoms with E-state index in [1.165, 1.54) is 30.3 Å². The van der Waals surface area contributed by atoms with Gasteiger partial charge >= 0.3 is 0 Å². The molecule has 1 aliphatic carbocycles. The highest BCUT2D eigenvalue weighted by molar-refractivity contribution is 8.26. The molecule has 0 N–H and O–H groups in total. The number of non-ortho nitro benzene ring substituents is 1. The number of hydrogen-bond acceptors (Lipinski definition) is 6. The number of carbonyl (C=O) groups excluding carboxylic acids is 1. The minimum Gasteiger partial charge on any atom is -0.457 e. The Labute approximate surface area is 178 Å². The van der Waals surface area contributed by atoms with Gasteiger partial charge in [-0.05, 0) is 43.5 Å². The number of furan rings is 1. The maximum Gasteiger partial charge on any atom is 0.269 e. The van der Waals surface area contributed by atoms with Gasteiger partial charge in [0, 0.05) is 29.8 Å². The Hall–Kier alpha value is -2.45. The van der Waals surface area contributed by atoms with Gasteiger partial charge < -0.3 is 4.42 Å². The molecule has 0 atom stereocenters. The highest BCUT2D eigenvalue weighted by Crippen LogP contribution is 2.38. The SMILES string of the molecule is Cc1cc([N+](=O)[O-])ccc1-c1ccc(/C=C2/SC(=S)N(C3CCCCC3)C2=O)o1. The first-order valence-corrected chi connectivity index (χ1v) is 10.8. The normalized spacial score (nSPS) is 19.3. The van der Waals surface area contributed by atoms with E-state index >= 15 is 0 Å². The van der Waals surface area contributed by atoms with Gasteiger partial charge in [-0.1, -0.05) is 43.2 Å². The number of thiocarbonyl (C=S) groups is 1. The van der Waals surface area contributed by atoms with Crippen molar-refractivity contribution < 1.29 is 14.1 Å². The Bertz CT molecular complexity index is 1020. The molecule has 0 bridgehead atoms. The van der Waals surface area contributed by atoms with Gasteiger partial charge in [-0.25, -0.2) is 0 Å². The van der Waals surface area contributed by atoms with Crippen molar-refractivity contribution in [3.8, 4) is 11.3 Å². The first kappa shape index (κ1) is 19.8. The molecule has 1 saturated heterocycles. The van der Waals surface area contributed by atoms with Gasteiger partial charge in [0.25, 0.3) is 11.6 Å². The van der Waals surface area contributed by atoms with Gasteiger partial charge in [0.1, 0.15) is 15.8 Å². The lowest BCUT2D eigenvalue weighted by molar-refractivity contribution is -0.384. The fourth-order valence-electron chi connectivity index (χ4n) is 3.88. The molecule has 1 aliphatic heterocycles. The molecule has 4 rings (SSSR count). The third kappa shape index (κ3) is 4.00. The van der Waals surface area contributed by atoms with E-state index in [0.29, 0.717) is 20.7 Å². The Morgan fingerprint density at radius 3 is 2.69 bits per heavy atom. The minimum absolute atomic E-state index is 0.0450. The highest BCUT2D eigenvalue weighted by Gasteiger charge is 2.37. The van der Waals surface area contributed by atoms with Crippen LogP contribution >= 0.6 is 24.0 Å². The number of carbonyl (C=O) groups is 1. The van der Waals surface area contributed by atoms with Crippen LogP contribution in [0.5, 0.6) is 0 Å². The van der Waals surface area contributed by atoms with Gasteiger partial charge in [-0.2, -0.15) is 0 Å². The van der Waals surface area contributed by atoms with E-state index in [0.717, 1.165) is 36.8 Å². The third-order valence-electron chi connectivity index (χ3n) is 5.35. The molecule has 29 heavy (non-hydrogen) atoms. The Balaban J connectivity index is 1.56. The van der Waals surface area contributed by atoms with Crippen molar-refractivity contribution in [1.82, 2.24) is 4.90 Å². The molecule has 0 spiro atoms. The Morgan fingerprint density at radius 1 is 1.24 bits per heavy atom. The van der Waals surface area contributed by atoms with Crippen molar-refractivity contribution in [3.05, 3.63) is 56.7 Å². The number of nitro groups is 1. The van der Waals surface area contributed by atoms with Crippen LogP contribution < -0.4 is 0 Å². The summed E-state index contributed by atoms with van der Waals surface area (Å²) in [7, 11) is 0. The van der Waals surface area contributed by atoms with E-state index in [1.807, 2.05) is 6.07 Å². The first-order valence-electron chi connectivity index (χ1n) is 9.56. The molecule has 6 nitrogen and oxygen atoms in total. The molecule has 1 aromatic carbocycles. The summed E-state index contributed by atoms with van der Waals surface area (Å²) >= 11 is 6.78. The van der Waals surface area contributed by atoms with Gasteiger partial charge in [-0.3, -0.25) is 19.8 Å². The van der Waals surface area contributed by atoms with Crippen LogP contribution in [0.1, 0.15) is 43.4 Å². The number of amides is 1. The number of aryl methyl sites for hydroxylation is 1. The maximum atomic E-state index is 12.9. The predicted octanol–water partition coefficient (Wildman–Crippen LogP) is 5.70. The third-order valence-corrected chi connectivity index (χ3v) is 6.68. The zero-order valence-electron chi connectivity index (χ0n) is 15.9. The fraction of sp³-hybridized carbons (Fsp3) is 0.333. The Kier molecular flexibility index (Phi) is 5.56. The van der Waals surface area contributed by atoms with Crippen molar-refractivity contribution in [3.63, 3.8) is 0 Å². The lowest BCUT2D eigenvalue weighted by Gasteiger charge is -2.29. The smallest absolute Gasteiger partial charge is 0.269 e. The van der Waals surface area contributed by atoms with Gasteiger partial charge in [0.2, 0.25) is 0 Å². The summed E-state index contributed by atoms with van der Waals surface area (Å²) in [5.74, 6) is 1.12. The van der Waals surface area contributed by atoms with Crippen LogP contribution in [-0.4, -0.2) is 26.1 Å². The number of thioether (sulfide) groups is 1. The van der Waals surface area contributed by atoms with Crippen molar-refractivity contribution >= 4 is 46.0 Å². The summed E-state index contributed by atoms with van der Waals surface area (Å²) in [6.07, 6.45) is 7.23. The average molecular weight is 429 g/mol. The predicted molar refractivity (Wildman–Crippen MR) is 117 cm³/mol. The van der Waals surface area contributed by atoms with Crippen LogP contribution in [0.2, 0.25) is 0 Å². The highest BCUT2D eigenvalue weighted by atomic mass is 32.2. The van der Waals surface area contributed by atoms with E-state index in [2.05, 4.69) is 0 Å². The van der Waals surface area contributed by atoms with Crippen molar-refractivity contribution in [2.45, 2.75) is 45.1 Å². The molecular formula is C21H20N2O4S2. The minimum atomic E-state index is -0.418. The van der Waals surface area contributed by atoms with Crippen LogP contribution in [0.15, 0.2) is 39.7 Å². The lowest BCUT2D eigenvalue weighted by atomic mass is 9.94. The molecule has 2 heterocycles. The summed E-state index contributed by atoms with van der Waals surface area (Å²) in [6.45, 7) is 1.81. The zero-order valence-corrected chi connectivity index (χ0v) is 17.6. The van der Waals surface area contributed by atoms with Gasteiger partial charge in [0.05, 0.1) is 9.83 Å². The average Bonchev–Trinajstić information content (AvgIpc) is 3.27. The maximum absolute atomic E-state index is 12.9. The molecule has 0 unspecified atom stereocenters. The van der Waals surface area contributed by atoms with Crippen LogP contribution in [0.3, 0.4) is 0 Å². The summed E-state index contributed by atoms with van der Waals surface area (Å²) < 4.78 is 6.52. The number of nitro benzene ring substituents is 1. The molecule has 8 heteroatoms. The molecule has 2 aromatic rings. The second-order valence-electron chi connectivity index (χ2n) is 7.30. The monoisotopic (exact) mass is 428 g/mol. The molecular weight excluding hydrogens is 408 g/mol. The fourth-order valence-corrected chi connectivity index (χ4v) is 5.26. The second kappa shape index (κ2) is 8.12. The first-order chi connectivity index (χ1) is 13.9. The van der Waals surface area contributed by atoms with Crippen LogP contribution in [0.25, 0.3) is 17.4 Å². The van der Waals surface area contributed by atoms with E-state index in [9.17, 15) is 14.9 Å². The van der Waals surface area contributed by atoms with Crippen LogP contribution in [-0.2, 0) is 4.79 Å². The second-order valence-corrected chi connectivity index (χ2v) is 8.98. The van der Waals surface area contributed by atoms with Gasteiger partial charge in [0.15, 0.2) is 0 Å². The molecule has 150 valence electrons. The van der Waals surface area contributed by atoms with E-state index in [4.69, 9.17) is 16.6 Å². The standard InChI is InChI=1S/C21H20N2O4S2/c1-13-11-15(23(25)26)7-9-17(13)18-10-8-16(27-18)12-19-20(24)22(21(28)29-19)14-5-3-2-4-6-14/h7-12,14H,2-6H2,1H3/b19-12+. The molecule has 2 fully saturated rings. The molecule has 0 radical (unpaired) electrons. The van der Waals surface area contributed by atoms with Crippen molar-refractivity contribution in [2.75, 3.05) is 0 Å². The molecule has 2 aliphatic rings. The largest absolute Gasteiger partial charge is 0.457 e.